The number of carbonyl (C=O) groups excluding carboxylic acids is 1. The number of imidazole rings is 1. The minimum atomic E-state index is -0.210. The van der Waals surface area contributed by atoms with Crippen molar-refractivity contribution in [1.82, 2.24) is 25.1 Å². The van der Waals surface area contributed by atoms with E-state index in [0.29, 0.717) is 5.56 Å². The number of nitrogens with zero attached hydrogens (tertiary/aromatic N) is 3. The number of H-pyrrole nitrogens is 1. The van der Waals surface area contributed by atoms with Crippen LogP contribution in [0, 0.1) is 0 Å². The first-order valence-electron chi connectivity index (χ1n) is 8.37. The Kier molecular flexibility index (Phi) is 3.72. The molecule has 2 aromatic heterocycles. The molecular weight excluding hydrogens is 314 g/mol. The number of carbonyl (C=O) groups is 1. The summed E-state index contributed by atoms with van der Waals surface area (Å²) in [7, 11) is 0. The largest absolute Gasteiger partial charge is 0.342 e. The van der Waals surface area contributed by atoms with Crippen LogP contribution < -0.4 is 5.32 Å². The highest BCUT2D eigenvalue weighted by Crippen LogP contribution is 2.22. The number of benzene rings is 2. The first-order valence-corrected chi connectivity index (χ1v) is 8.37. The van der Waals surface area contributed by atoms with Crippen LogP contribution in [0.5, 0.6) is 0 Å². The third-order valence-electron chi connectivity index (χ3n) is 4.46. The summed E-state index contributed by atoms with van der Waals surface area (Å²) in [6, 6.07) is 13.4. The number of nitrogens with one attached hydrogen (secondary N) is 2. The van der Waals surface area contributed by atoms with Gasteiger partial charge in [-0.05, 0) is 32.0 Å². The molecule has 0 aliphatic heterocycles. The standard InChI is InChI=1S/C19H19N5O/c1-3-24-16-10-5-4-9-15(16)22-18(24)12(2)21-19(25)14-8-6-7-13-11-20-23-17(13)14/h4-12H,3H2,1-2H3,(H,20,23)(H,21,25). The van der Waals surface area contributed by atoms with Gasteiger partial charge in [0.1, 0.15) is 5.82 Å². The van der Waals surface area contributed by atoms with Crippen molar-refractivity contribution in [1.29, 1.82) is 0 Å². The van der Waals surface area contributed by atoms with E-state index in [9.17, 15) is 4.79 Å². The fraction of sp³-hybridized carbons (Fsp3) is 0.211. The van der Waals surface area contributed by atoms with Gasteiger partial charge in [-0.3, -0.25) is 9.89 Å². The summed E-state index contributed by atoms with van der Waals surface area (Å²) in [6.07, 6.45) is 1.71. The van der Waals surface area contributed by atoms with Gasteiger partial charge in [0.05, 0.1) is 34.4 Å². The summed E-state index contributed by atoms with van der Waals surface area (Å²) in [5.41, 5.74) is 3.35. The molecule has 1 unspecified atom stereocenters. The van der Waals surface area contributed by atoms with Crippen molar-refractivity contribution in [3.8, 4) is 0 Å². The molecule has 2 aromatic carbocycles. The Bertz CT molecular complexity index is 1060. The van der Waals surface area contributed by atoms with Crippen LogP contribution in [0.4, 0.5) is 0 Å². The van der Waals surface area contributed by atoms with Gasteiger partial charge in [0.25, 0.3) is 5.91 Å². The highest BCUT2D eigenvalue weighted by molar-refractivity contribution is 6.05. The normalized spacial score (nSPS) is 12.6. The summed E-state index contributed by atoms with van der Waals surface area (Å²) in [5.74, 6) is 0.714. The number of amides is 1. The number of para-hydroxylation sites is 3. The van der Waals surface area contributed by atoms with Crippen molar-refractivity contribution in [3.05, 3.63) is 60.0 Å². The van der Waals surface area contributed by atoms with Gasteiger partial charge >= 0.3 is 0 Å². The van der Waals surface area contributed by atoms with Gasteiger partial charge in [0.15, 0.2) is 0 Å². The molecule has 2 N–H and O–H groups in total. The maximum atomic E-state index is 12.8. The number of aryl methyl sites for hydroxylation is 1. The Morgan fingerprint density at radius 3 is 2.92 bits per heavy atom. The van der Waals surface area contributed by atoms with E-state index in [1.54, 1.807) is 12.3 Å². The molecule has 25 heavy (non-hydrogen) atoms. The molecule has 0 bridgehead atoms. The zero-order chi connectivity index (χ0) is 17.4. The van der Waals surface area contributed by atoms with Crippen LogP contribution in [-0.4, -0.2) is 25.7 Å². The Balaban J connectivity index is 1.67. The Hall–Kier alpha value is -3.15. The van der Waals surface area contributed by atoms with Crippen molar-refractivity contribution in [3.63, 3.8) is 0 Å². The number of aromatic amines is 1. The van der Waals surface area contributed by atoms with Crippen LogP contribution in [0.3, 0.4) is 0 Å². The van der Waals surface area contributed by atoms with Crippen molar-refractivity contribution in [2.45, 2.75) is 26.4 Å². The summed E-state index contributed by atoms with van der Waals surface area (Å²) in [5, 5.41) is 10.9. The zero-order valence-corrected chi connectivity index (χ0v) is 14.2. The second kappa shape index (κ2) is 6.05. The molecule has 0 saturated heterocycles. The molecule has 0 radical (unpaired) electrons. The minimum absolute atomic E-state index is 0.142. The average Bonchev–Trinajstić information content (AvgIpc) is 3.25. The monoisotopic (exact) mass is 333 g/mol. The molecule has 2 heterocycles. The molecule has 126 valence electrons. The minimum Gasteiger partial charge on any atom is -0.342 e. The van der Waals surface area contributed by atoms with Crippen LogP contribution in [0.2, 0.25) is 0 Å². The van der Waals surface area contributed by atoms with Gasteiger partial charge in [-0.25, -0.2) is 4.98 Å². The van der Waals surface area contributed by atoms with E-state index in [1.807, 2.05) is 37.3 Å². The lowest BCUT2D eigenvalue weighted by atomic mass is 10.1. The molecule has 6 heteroatoms. The van der Waals surface area contributed by atoms with E-state index < -0.39 is 0 Å². The topological polar surface area (TPSA) is 75.6 Å². The summed E-state index contributed by atoms with van der Waals surface area (Å²) in [6.45, 7) is 4.84. The van der Waals surface area contributed by atoms with Crippen molar-refractivity contribution in [2.75, 3.05) is 0 Å². The summed E-state index contributed by atoms with van der Waals surface area (Å²) >= 11 is 0. The molecule has 4 rings (SSSR count). The number of hydrogen-bond donors (Lipinski definition) is 2. The first kappa shape index (κ1) is 15.4. The number of fused-ring (bicyclic) bond motifs is 2. The summed E-state index contributed by atoms with van der Waals surface area (Å²) < 4.78 is 2.14. The van der Waals surface area contributed by atoms with Gasteiger partial charge in [-0.1, -0.05) is 24.3 Å². The predicted molar refractivity (Wildman–Crippen MR) is 97.4 cm³/mol. The van der Waals surface area contributed by atoms with Gasteiger partial charge in [-0.2, -0.15) is 5.10 Å². The maximum absolute atomic E-state index is 12.8. The smallest absolute Gasteiger partial charge is 0.254 e. The molecule has 0 saturated carbocycles. The molecule has 0 fully saturated rings. The SMILES string of the molecule is CCn1c(C(C)NC(=O)c2cccc3cn[nH]c23)nc2ccccc21. The lowest BCUT2D eigenvalue weighted by molar-refractivity contribution is 0.0939. The molecule has 0 spiro atoms. The third kappa shape index (κ3) is 2.55. The van der Waals surface area contributed by atoms with Crippen LogP contribution >= 0.6 is 0 Å². The summed E-state index contributed by atoms with van der Waals surface area (Å²) in [4.78, 5) is 17.5. The van der Waals surface area contributed by atoms with Crippen LogP contribution in [0.15, 0.2) is 48.7 Å². The molecule has 1 atom stereocenters. The highest BCUT2D eigenvalue weighted by Gasteiger charge is 2.19. The average molecular weight is 333 g/mol. The lowest BCUT2D eigenvalue weighted by Crippen LogP contribution is -2.28. The van der Waals surface area contributed by atoms with E-state index in [1.165, 1.54) is 0 Å². The quantitative estimate of drug-likeness (QED) is 0.601. The van der Waals surface area contributed by atoms with Gasteiger partial charge in [0.2, 0.25) is 0 Å². The molecule has 0 aliphatic carbocycles. The zero-order valence-electron chi connectivity index (χ0n) is 14.2. The second-order valence-corrected chi connectivity index (χ2v) is 6.04. The Morgan fingerprint density at radius 2 is 2.08 bits per heavy atom. The fourth-order valence-electron chi connectivity index (χ4n) is 3.25. The van der Waals surface area contributed by atoms with Gasteiger partial charge < -0.3 is 9.88 Å². The van der Waals surface area contributed by atoms with Crippen molar-refractivity contribution < 1.29 is 4.79 Å². The molecule has 0 aliphatic rings. The second-order valence-electron chi connectivity index (χ2n) is 6.04. The number of hydrogen-bond acceptors (Lipinski definition) is 3. The molecule has 6 nitrogen and oxygen atoms in total. The van der Waals surface area contributed by atoms with E-state index in [-0.39, 0.29) is 11.9 Å². The molecule has 4 aromatic rings. The Morgan fingerprint density at radius 1 is 1.24 bits per heavy atom. The number of aromatic nitrogens is 4. The van der Waals surface area contributed by atoms with Crippen molar-refractivity contribution >= 4 is 27.8 Å². The van der Waals surface area contributed by atoms with E-state index in [0.717, 1.165) is 34.3 Å². The fourth-order valence-corrected chi connectivity index (χ4v) is 3.25. The number of rotatable bonds is 4. The highest BCUT2D eigenvalue weighted by atomic mass is 16.1. The maximum Gasteiger partial charge on any atom is 0.254 e. The van der Waals surface area contributed by atoms with Crippen LogP contribution in [-0.2, 0) is 6.54 Å². The Labute approximate surface area is 144 Å². The van der Waals surface area contributed by atoms with Crippen LogP contribution in [0.25, 0.3) is 21.9 Å². The predicted octanol–water partition coefficient (Wildman–Crippen LogP) is 3.42. The van der Waals surface area contributed by atoms with E-state index in [4.69, 9.17) is 4.98 Å². The first-order chi connectivity index (χ1) is 12.2. The van der Waals surface area contributed by atoms with Crippen LogP contribution in [0.1, 0.15) is 36.1 Å². The third-order valence-corrected chi connectivity index (χ3v) is 4.46. The van der Waals surface area contributed by atoms with E-state index >= 15 is 0 Å². The van der Waals surface area contributed by atoms with E-state index in [2.05, 4.69) is 33.1 Å². The lowest BCUT2D eigenvalue weighted by Gasteiger charge is -2.15. The van der Waals surface area contributed by atoms with Gasteiger partial charge in [-0.15, -0.1) is 0 Å². The molecular formula is C19H19N5O. The van der Waals surface area contributed by atoms with Crippen molar-refractivity contribution in [2.24, 2.45) is 0 Å². The molecule has 1 amide bonds. The van der Waals surface area contributed by atoms with Gasteiger partial charge in [0, 0.05) is 11.9 Å².